The summed E-state index contributed by atoms with van der Waals surface area (Å²) < 4.78 is 12.2. The highest BCUT2D eigenvalue weighted by Crippen LogP contribution is 2.65. The van der Waals surface area contributed by atoms with Crippen molar-refractivity contribution in [1.29, 1.82) is 0 Å². The minimum atomic E-state index is -0.190. The highest BCUT2D eigenvalue weighted by atomic mass is 16.5. The first kappa shape index (κ1) is 18.9. The van der Waals surface area contributed by atoms with E-state index in [1.165, 1.54) is 26.2 Å². The largest absolute Gasteiger partial charge is 0.465 e. The van der Waals surface area contributed by atoms with Gasteiger partial charge in [0.1, 0.15) is 0 Å². The predicted molar refractivity (Wildman–Crippen MR) is 100 cm³/mol. The molecule has 2 aliphatic carbocycles. The zero-order valence-electron chi connectivity index (χ0n) is 16.8. The molecule has 2 saturated carbocycles. The normalized spacial score (nSPS) is 49.6. The molecule has 0 N–H and O–H groups in total. The van der Waals surface area contributed by atoms with Crippen LogP contribution in [0.25, 0.3) is 0 Å². The third-order valence-electron chi connectivity index (χ3n) is 8.00. The minimum Gasteiger partial charge on any atom is -0.465 e. The highest BCUT2D eigenvalue weighted by molar-refractivity contribution is 5.65. The van der Waals surface area contributed by atoms with Crippen LogP contribution in [0, 0.1) is 22.7 Å². The van der Waals surface area contributed by atoms with Crippen molar-refractivity contribution in [2.45, 2.75) is 90.8 Å². The lowest BCUT2D eigenvalue weighted by Gasteiger charge is -2.65. The van der Waals surface area contributed by atoms with Gasteiger partial charge in [-0.3, -0.25) is 4.79 Å². The molecule has 1 saturated heterocycles. The van der Waals surface area contributed by atoms with Crippen molar-refractivity contribution in [3.8, 4) is 0 Å². The number of hydrogen-bond donors (Lipinski definition) is 0. The minimum absolute atomic E-state index is 0.0634. The Kier molecular flexibility index (Phi) is 4.63. The summed E-state index contributed by atoms with van der Waals surface area (Å²) in [5.74, 6) is 1.02. The van der Waals surface area contributed by atoms with Crippen molar-refractivity contribution in [3.05, 3.63) is 12.7 Å². The highest BCUT2D eigenvalue weighted by Gasteiger charge is 2.62. The van der Waals surface area contributed by atoms with Gasteiger partial charge in [0.2, 0.25) is 0 Å². The van der Waals surface area contributed by atoms with E-state index in [4.69, 9.17) is 9.47 Å². The van der Waals surface area contributed by atoms with Gasteiger partial charge in [-0.05, 0) is 69.6 Å². The van der Waals surface area contributed by atoms with Crippen LogP contribution < -0.4 is 0 Å². The SMILES string of the molecule is C=C[C@@]1(C)CC[C@@H]2[C@@]3(C)CCC[C@@](C)(COC(C)=O)[C@@H]3CC[C@@]2(C)O1. The smallest absolute Gasteiger partial charge is 0.302 e. The quantitative estimate of drug-likeness (QED) is 0.514. The van der Waals surface area contributed by atoms with Crippen LogP contribution in [0.15, 0.2) is 12.7 Å². The Morgan fingerprint density at radius 2 is 1.80 bits per heavy atom. The summed E-state index contributed by atoms with van der Waals surface area (Å²) in [5.41, 5.74) is 0.109. The fraction of sp³-hybridized carbons (Fsp3) is 0.864. The lowest BCUT2D eigenvalue weighted by Crippen LogP contribution is -2.63. The van der Waals surface area contributed by atoms with Gasteiger partial charge in [-0.15, -0.1) is 6.58 Å². The zero-order chi connectivity index (χ0) is 18.5. The second kappa shape index (κ2) is 6.11. The molecular weight excluding hydrogens is 312 g/mol. The molecule has 1 aliphatic heterocycles. The average Bonchev–Trinajstić information content (AvgIpc) is 2.52. The fourth-order valence-corrected chi connectivity index (χ4v) is 6.77. The summed E-state index contributed by atoms with van der Waals surface area (Å²) in [4.78, 5) is 11.4. The maximum absolute atomic E-state index is 11.4. The molecule has 0 unspecified atom stereocenters. The first-order valence-corrected chi connectivity index (χ1v) is 10.0. The Hall–Kier alpha value is -0.830. The van der Waals surface area contributed by atoms with E-state index in [0.29, 0.717) is 18.4 Å². The summed E-state index contributed by atoms with van der Waals surface area (Å²) in [6.07, 6.45) is 10.2. The third-order valence-corrected chi connectivity index (χ3v) is 8.00. The van der Waals surface area contributed by atoms with Gasteiger partial charge in [-0.1, -0.05) is 26.3 Å². The molecule has 0 bridgehead atoms. The van der Waals surface area contributed by atoms with E-state index in [9.17, 15) is 4.79 Å². The number of esters is 1. The van der Waals surface area contributed by atoms with Gasteiger partial charge in [-0.2, -0.15) is 0 Å². The molecule has 0 radical (unpaired) electrons. The lowest BCUT2D eigenvalue weighted by molar-refractivity contribution is -0.256. The van der Waals surface area contributed by atoms with E-state index in [2.05, 4.69) is 34.3 Å². The van der Waals surface area contributed by atoms with E-state index < -0.39 is 0 Å². The maximum atomic E-state index is 11.4. The van der Waals surface area contributed by atoms with Crippen LogP contribution >= 0.6 is 0 Å². The second-order valence-corrected chi connectivity index (χ2v) is 9.91. The molecule has 1 heterocycles. The Morgan fingerprint density at radius 3 is 2.44 bits per heavy atom. The van der Waals surface area contributed by atoms with E-state index in [1.54, 1.807) is 0 Å². The molecule has 142 valence electrons. The molecule has 6 atom stereocenters. The third kappa shape index (κ3) is 3.07. The Labute approximate surface area is 153 Å². The van der Waals surface area contributed by atoms with Crippen molar-refractivity contribution in [3.63, 3.8) is 0 Å². The van der Waals surface area contributed by atoms with Crippen LogP contribution in [0.5, 0.6) is 0 Å². The van der Waals surface area contributed by atoms with Gasteiger partial charge in [0.25, 0.3) is 0 Å². The molecule has 25 heavy (non-hydrogen) atoms. The number of hydrogen-bond acceptors (Lipinski definition) is 3. The number of rotatable bonds is 3. The van der Waals surface area contributed by atoms with E-state index in [1.807, 2.05) is 6.08 Å². The Bertz CT molecular complexity index is 557. The first-order chi connectivity index (χ1) is 11.6. The summed E-state index contributed by atoms with van der Waals surface area (Å²) in [5, 5.41) is 0. The first-order valence-electron chi connectivity index (χ1n) is 10.0. The van der Waals surface area contributed by atoms with Gasteiger partial charge < -0.3 is 9.47 Å². The standard InChI is InChI=1S/C22H36O3/c1-7-20(4)13-9-18-21(5)12-8-11-19(3,15-24-16(2)23)17(21)10-14-22(18,6)25-20/h7,17-18H,1,8-15H2,2-6H3/t17-,18+,19-,20-,21-,22+/m0/s1. The average molecular weight is 349 g/mol. The molecule has 0 aromatic rings. The molecule has 3 rings (SSSR count). The molecular formula is C22H36O3. The molecule has 0 aromatic heterocycles. The number of ether oxygens (including phenoxy) is 2. The topological polar surface area (TPSA) is 35.5 Å². The lowest BCUT2D eigenvalue weighted by atomic mass is 9.44. The number of carbonyl (C=O) groups is 1. The molecule has 0 amide bonds. The van der Waals surface area contributed by atoms with Crippen LogP contribution in [0.2, 0.25) is 0 Å². The molecule has 3 nitrogen and oxygen atoms in total. The predicted octanol–water partition coefficient (Wildman–Crippen LogP) is 5.29. The summed E-state index contributed by atoms with van der Waals surface area (Å²) in [6.45, 7) is 15.5. The van der Waals surface area contributed by atoms with Crippen molar-refractivity contribution >= 4 is 5.97 Å². The monoisotopic (exact) mass is 348 g/mol. The number of fused-ring (bicyclic) bond motifs is 3. The van der Waals surface area contributed by atoms with Gasteiger partial charge in [0.15, 0.2) is 0 Å². The van der Waals surface area contributed by atoms with Gasteiger partial charge in [0.05, 0.1) is 17.8 Å². The molecule has 3 fully saturated rings. The van der Waals surface area contributed by atoms with Gasteiger partial charge in [-0.25, -0.2) is 0 Å². The Morgan fingerprint density at radius 1 is 1.12 bits per heavy atom. The summed E-state index contributed by atoms with van der Waals surface area (Å²) >= 11 is 0. The van der Waals surface area contributed by atoms with E-state index in [0.717, 1.165) is 25.7 Å². The van der Waals surface area contributed by atoms with Crippen LogP contribution in [0.1, 0.15) is 79.6 Å². The molecule has 0 spiro atoms. The van der Waals surface area contributed by atoms with Crippen LogP contribution in [0.3, 0.4) is 0 Å². The zero-order valence-corrected chi connectivity index (χ0v) is 16.8. The molecule has 3 heteroatoms. The van der Waals surface area contributed by atoms with E-state index >= 15 is 0 Å². The number of carbonyl (C=O) groups excluding carboxylic acids is 1. The van der Waals surface area contributed by atoms with Crippen LogP contribution in [-0.2, 0) is 14.3 Å². The van der Waals surface area contributed by atoms with Crippen LogP contribution in [-0.4, -0.2) is 23.8 Å². The second-order valence-electron chi connectivity index (χ2n) is 9.91. The maximum Gasteiger partial charge on any atom is 0.302 e. The van der Waals surface area contributed by atoms with Crippen LogP contribution in [0.4, 0.5) is 0 Å². The fourth-order valence-electron chi connectivity index (χ4n) is 6.77. The van der Waals surface area contributed by atoms with Gasteiger partial charge >= 0.3 is 5.97 Å². The molecule has 0 aromatic carbocycles. The summed E-state index contributed by atoms with van der Waals surface area (Å²) in [7, 11) is 0. The Balaban J connectivity index is 1.88. The molecule has 3 aliphatic rings. The van der Waals surface area contributed by atoms with Gasteiger partial charge in [0, 0.05) is 12.3 Å². The van der Waals surface area contributed by atoms with Crippen molar-refractivity contribution in [2.24, 2.45) is 22.7 Å². The van der Waals surface area contributed by atoms with E-state index in [-0.39, 0.29) is 28.0 Å². The van der Waals surface area contributed by atoms with Crippen molar-refractivity contribution in [1.82, 2.24) is 0 Å². The van der Waals surface area contributed by atoms with Crippen molar-refractivity contribution < 1.29 is 14.3 Å². The summed E-state index contributed by atoms with van der Waals surface area (Å²) in [6, 6.07) is 0. The van der Waals surface area contributed by atoms with Crippen molar-refractivity contribution in [2.75, 3.05) is 6.61 Å².